The molecule has 0 bridgehead atoms. The predicted molar refractivity (Wildman–Crippen MR) is 168 cm³/mol. The first-order chi connectivity index (χ1) is 21.5. The molecule has 6 unspecified atom stereocenters. The van der Waals surface area contributed by atoms with Crippen LogP contribution in [0.1, 0.15) is 29.9 Å². The average molecular weight is 666 g/mol. The summed E-state index contributed by atoms with van der Waals surface area (Å²) in [7, 11) is 1.32. The van der Waals surface area contributed by atoms with Gasteiger partial charge in [0.1, 0.15) is 18.1 Å². The first-order valence-electron chi connectivity index (χ1n) is 14.5. The molecular weight excluding hydrogens is 639 g/mol. The number of rotatable bonds is 5. The van der Waals surface area contributed by atoms with Crippen molar-refractivity contribution in [2.24, 2.45) is 17.8 Å². The SMILES string of the molecule is CN1C(=O)C2(Cl)CC3C(=CCC4C(=O)N(c5ccc(Cl)cc5)C(=O)C43)C(c3ccc(OCc4ccccc4)cc3O)C2(Cl)C1=O. The monoisotopic (exact) mass is 664 g/mol. The summed E-state index contributed by atoms with van der Waals surface area (Å²) >= 11 is 20.5. The molecule has 45 heavy (non-hydrogen) atoms. The van der Waals surface area contributed by atoms with E-state index in [4.69, 9.17) is 39.5 Å². The van der Waals surface area contributed by atoms with Crippen LogP contribution in [0.3, 0.4) is 0 Å². The number of aromatic hydroxyl groups is 1. The molecule has 2 saturated heterocycles. The van der Waals surface area contributed by atoms with Gasteiger partial charge in [-0.25, -0.2) is 0 Å². The molecule has 3 aromatic carbocycles. The number of likely N-dealkylation sites (tertiary alicyclic amines) is 1. The second-order valence-electron chi connectivity index (χ2n) is 12.0. The minimum absolute atomic E-state index is 0.136. The van der Waals surface area contributed by atoms with Crippen molar-refractivity contribution in [3.05, 3.63) is 101 Å². The number of phenolic OH excluding ortho intramolecular Hbond substituents is 1. The molecule has 1 N–H and O–H groups in total. The molecule has 0 radical (unpaired) electrons. The minimum atomic E-state index is -2.00. The highest BCUT2D eigenvalue weighted by molar-refractivity contribution is 6.53. The molecule has 0 spiro atoms. The molecule has 2 heterocycles. The first-order valence-corrected chi connectivity index (χ1v) is 15.6. The quantitative estimate of drug-likeness (QED) is 0.209. The highest BCUT2D eigenvalue weighted by Crippen LogP contribution is 2.66. The average Bonchev–Trinajstić information content (AvgIpc) is 3.36. The van der Waals surface area contributed by atoms with Gasteiger partial charge in [0.2, 0.25) is 11.8 Å². The summed E-state index contributed by atoms with van der Waals surface area (Å²) in [6, 6.07) is 20.6. The number of halogens is 3. The Hall–Kier alpha value is -3.85. The van der Waals surface area contributed by atoms with E-state index in [1.165, 1.54) is 13.1 Å². The summed E-state index contributed by atoms with van der Waals surface area (Å²) in [5.41, 5.74) is 2.18. The summed E-state index contributed by atoms with van der Waals surface area (Å²) in [5.74, 6) is -5.33. The topological polar surface area (TPSA) is 104 Å². The number of hydrogen-bond acceptors (Lipinski definition) is 6. The number of hydrogen-bond donors (Lipinski definition) is 1. The van der Waals surface area contributed by atoms with Crippen LogP contribution in [0.2, 0.25) is 5.02 Å². The number of fused-ring (bicyclic) bond motifs is 4. The van der Waals surface area contributed by atoms with Crippen molar-refractivity contribution in [3.63, 3.8) is 0 Å². The normalized spacial score (nSPS) is 30.6. The summed E-state index contributed by atoms with van der Waals surface area (Å²) in [6.07, 6.45) is 1.90. The molecule has 4 amide bonds. The molecule has 6 atom stereocenters. The van der Waals surface area contributed by atoms with Crippen LogP contribution in [0, 0.1) is 17.8 Å². The third kappa shape index (κ3) is 4.26. The highest BCUT2D eigenvalue weighted by atomic mass is 35.5. The Morgan fingerprint density at radius 1 is 0.911 bits per heavy atom. The lowest BCUT2D eigenvalue weighted by atomic mass is 9.56. The Labute approximate surface area is 274 Å². The van der Waals surface area contributed by atoms with Gasteiger partial charge in [0.15, 0.2) is 9.75 Å². The number of carbonyl (C=O) groups is 4. The van der Waals surface area contributed by atoms with E-state index in [1.54, 1.807) is 36.4 Å². The maximum atomic E-state index is 14.1. The number of amides is 4. The number of phenols is 1. The number of benzene rings is 3. The van der Waals surface area contributed by atoms with Crippen LogP contribution < -0.4 is 9.64 Å². The Morgan fingerprint density at radius 2 is 1.62 bits per heavy atom. The van der Waals surface area contributed by atoms with Gasteiger partial charge >= 0.3 is 0 Å². The van der Waals surface area contributed by atoms with Crippen LogP contribution in [-0.4, -0.2) is 50.4 Å². The van der Waals surface area contributed by atoms with Crippen LogP contribution in [0.4, 0.5) is 5.69 Å². The molecule has 2 aliphatic carbocycles. The molecule has 2 aliphatic heterocycles. The van der Waals surface area contributed by atoms with Crippen LogP contribution in [0.15, 0.2) is 84.4 Å². The Kier molecular flexibility index (Phi) is 7.04. The lowest BCUT2D eigenvalue weighted by Crippen LogP contribution is -2.60. The van der Waals surface area contributed by atoms with Crippen molar-refractivity contribution >= 4 is 64.1 Å². The van der Waals surface area contributed by atoms with E-state index in [-0.39, 0.29) is 36.7 Å². The Morgan fingerprint density at radius 3 is 2.31 bits per heavy atom. The van der Waals surface area contributed by atoms with E-state index in [0.717, 1.165) is 15.4 Å². The van der Waals surface area contributed by atoms with E-state index in [0.29, 0.717) is 22.0 Å². The number of nitrogens with zero attached hydrogens (tertiary/aromatic N) is 2. The number of carbonyl (C=O) groups excluding carboxylic acids is 4. The van der Waals surface area contributed by atoms with Crippen LogP contribution >= 0.6 is 34.8 Å². The lowest BCUT2D eigenvalue weighted by molar-refractivity contribution is -0.138. The van der Waals surface area contributed by atoms with Crippen molar-refractivity contribution in [2.75, 3.05) is 11.9 Å². The number of anilines is 1. The smallest absolute Gasteiger partial charge is 0.253 e. The van der Waals surface area contributed by atoms with E-state index >= 15 is 0 Å². The summed E-state index contributed by atoms with van der Waals surface area (Å²) in [6.45, 7) is 0.266. The van der Waals surface area contributed by atoms with Crippen molar-refractivity contribution in [3.8, 4) is 11.5 Å². The Balaban J connectivity index is 1.31. The van der Waals surface area contributed by atoms with Gasteiger partial charge in [-0.05, 0) is 54.7 Å². The van der Waals surface area contributed by atoms with Crippen LogP contribution in [0.25, 0.3) is 0 Å². The maximum absolute atomic E-state index is 14.1. The summed E-state index contributed by atoms with van der Waals surface area (Å²) in [5, 5.41) is 11.9. The van der Waals surface area contributed by atoms with E-state index in [1.807, 2.05) is 36.4 Å². The molecule has 3 aromatic rings. The van der Waals surface area contributed by atoms with E-state index < -0.39 is 51.1 Å². The number of imide groups is 2. The first kappa shape index (κ1) is 29.8. The zero-order valence-electron chi connectivity index (χ0n) is 24.0. The zero-order chi connectivity index (χ0) is 31.8. The second-order valence-corrected chi connectivity index (χ2v) is 13.7. The van der Waals surface area contributed by atoms with E-state index in [9.17, 15) is 24.3 Å². The fraction of sp³-hybridized carbons (Fsp3) is 0.294. The van der Waals surface area contributed by atoms with Crippen LogP contribution in [-0.2, 0) is 25.8 Å². The van der Waals surface area contributed by atoms with Crippen molar-refractivity contribution in [1.29, 1.82) is 0 Å². The number of ether oxygens (including phenoxy) is 1. The second kappa shape index (κ2) is 10.6. The third-order valence-corrected chi connectivity index (χ3v) is 11.3. The van der Waals surface area contributed by atoms with E-state index in [2.05, 4.69) is 0 Å². The molecule has 1 saturated carbocycles. The van der Waals surface area contributed by atoms with Gasteiger partial charge in [-0.2, -0.15) is 0 Å². The molecule has 4 aliphatic rings. The van der Waals surface area contributed by atoms with Gasteiger partial charge in [-0.15, -0.1) is 23.2 Å². The van der Waals surface area contributed by atoms with Crippen molar-refractivity contribution < 1.29 is 29.0 Å². The molecule has 3 fully saturated rings. The molecule has 230 valence electrons. The zero-order valence-corrected chi connectivity index (χ0v) is 26.2. The number of allylic oxidation sites excluding steroid dienone is 2. The van der Waals surface area contributed by atoms with Crippen LogP contribution in [0.5, 0.6) is 11.5 Å². The fourth-order valence-corrected chi connectivity index (χ4v) is 8.67. The lowest BCUT2D eigenvalue weighted by Gasteiger charge is -2.50. The molecule has 11 heteroatoms. The molecule has 8 nitrogen and oxygen atoms in total. The maximum Gasteiger partial charge on any atom is 0.253 e. The predicted octanol–water partition coefficient (Wildman–Crippen LogP) is 5.82. The summed E-state index contributed by atoms with van der Waals surface area (Å²) < 4.78 is 5.89. The van der Waals surface area contributed by atoms with Gasteiger partial charge < -0.3 is 9.84 Å². The van der Waals surface area contributed by atoms with Gasteiger partial charge in [-0.1, -0.05) is 59.6 Å². The number of alkyl halides is 2. The van der Waals surface area contributed by atoms with Crippen molar-refractivity contribution in [2.45, 2.75) is 35.1 Å². The van der Waals surface area contributed by atoms with Gasteiger partial charge in [-0.3, -0.25) is 29.0 Å². The standard InChI is InChI=1S/C34H27Cl3N2O6/c1-38-31(43)33(36)16-25-22(13-14-24-27(25)30(42)39(29(24)41)20-9-7-19(35)8-10-20)28(34(33,37)32(38)44)23-12-11-21(15-26(23)40)45-17-18-5-3-2-4-6-18/h2-13,15,24-25,27-28,40H,14,16-17H2,1H3. The minimum Gasteiger partial charge on any atom is -0.508 e. The van der Waals surface area contributed by atoms with Gasteiger partial charge in [0.05, 0.1) is 17.5 Å². The highest BCUT2D eigenvalue weighted by Gasteiger charge is 2.76. The largest absolute Gasteiger partial charge is 0.508 e. The Bertz CT molecular complexity index is 1800. The molecule has 7 rings (SSSR count). The third-order valence-electron chi connectivity index (χ3n) is 9.66. The van der Waals surface area contributed by atoms with Gasteiger partial charge in [0.25, 0.3) is 11.8 Å². The molecule has 0 aromatic heterocycles. The molecular formula is C34H27Cl3N2O6. The van der Waals surface area contributed by atoms with Gasteiger partial charge in [0, 0.05) is 29.6 Å². The van der Waals surface area contributed by atoms with Crippen molar-refractivity contribution in [1.82, 2.24) is 4.90 Å². The summed E-state index contributed by atoms with van der Waals surface area (Å²) in [4.78, 5) is 53.3. The fourth-order valence-electron chi connectivity index (χ4n) is 7.53.